The summed E-state index contributed by atoms with van der Waals surface area (Å²) in [6.45, 7) is 4.45. The van der Waals surface area contributed by atoms with Crippen LogP contribution in [0.25, 0.3) is 0 Å². The molecule has 4 N–H and O–H groups in total. The summed E-state index contributed by atoms with van der Waals surface area (Å²) in [6, 6.07) is 0. The molecule has 0 fully saturated rings. The van der Waals surface area contributed by atoms with E-state index >= 15 is 0 Å². The summed E-state index contributed by atoms with van der Waals surface area (Å²) in [5, 5.41) is 35.9. The molecule has 0 aliphatic heterocycles. The third kappa shape index (κ3) is 34.9. The van der Waals surface area contributed by atoms with Crippen LogP contribution in [0, 0.1) is 0 Å². The fraction of sp³-hybridized carbons (Fsp3) is 0.938. The van der Waals surface area contributed by atoms with Gasteiger partial charge in [0.1, 0.15) is 0 Å². The van der Waals surface area contributed by atoms with Crippen molar-refractivity contribution < 1.29 is 30.0 Å². The van der Waals surface area contributed by atoms with E-state index in [0.717, 1.165) is 57.8 Å². The molecule has 0 aromatic rings. The third-order valence-electron chi connectivity index (χ3n) is 7.19. The molecular formula is C32H64O6. The normalized spacial score (nSPS) is 12.5. The van der Waals surface area contributed by atoms with E-state index in [0.29, 0.717) is 12.8 Å². The summed E-state index contributed by atoms with van der Waals surface area (Å²) in [4.78, 5) is 20.7. The van der Waals surface area contributed by atoms with Crippen molar-refractivity contribution in [1.29, 1.82) is 0 Å². The van der Waals surface area contributed by atoms with E-state index in [1.807, 2.05) is 0 Å². The van der Waals surface area contributed by atoms with Gasteiger partial charge in [-0.25, -0.2) is 4.79 Å². The smallest absolute Gasteiger partial charge is 0.332 e. The van der Waals surface area contributed by atoms with Gasteiger partial charge in [-0.3, -0.25) is 4.79 Å². The van der Waals surface area contributed by atoms with Gasteiger partial charge in [-0.1, -0.05) is 149 Å². The fourth-order valence-corrected chi connectivity index (χ4v) is 4.62. The summed E-state index contributed by atoms with van der Waals surface area (Å²) in [5.41, 5.74) is 0. The minimum Gasteiger partial charge on any atom is -0.481 e. The minimum atomic E-state index is -1.16. The van der Waals surface area contributed by atoms with Crippen molar-refractivity contribution in [3.63, 3.8) is 0 Å². The molecular weight excluding hydrogens is 480 g/mol. The van der Waals surface area contributed by atoms with Gasteiger partial charge in [-0.15, -0.1) is 0 Å². The zero-order valence-electron chi connectivity index (χ0n) is 25.1. The Hall–Kier alpha value is -1.14. The number of hydrogen-bond donors (Lipinski definition) is 4. The van der Waals surface area contributed by atoms with Gasteiger partial charge in [0.25, 0.3) is 0 Å². The Kier molecular flexibility index (Phi) is 32.9. The first kappa shape index (κ1) is 39.0. The highest BCUT2D eigenvalue weighted by Gasteiger charge is 2.11. The Morgan fingerprint density at radius 2 is 0.789 bits per heavy atom. The molecule has 6 heteroatoms. The van der Waals surface area contributed by atoms with Crippen molar-refractivity contribution in [2.45, 2.75) is 193 Å². The molecule has 2 atom stereocenters. The van der Waals surface area contributed by atoms with Crippen molar-refractivity contribution in [1.82, 2.24) is 0 Å². The number of carboxylic acids is 2. The maximum atomic E-state index is 10.4. The second-order valence-electron chi connectivity index (χ2n) is 11.1. The van der Waals surface area contributed by atoms with Crippen LogP contribution in [0.2, 0.25) is 0 Å². The fourth-order valence-electron chi connectivity index (χ4n) is 4.62. The molecule has 0 spiro atoms. The van der Waals surface area contributed by atoms with Gasteiger partial charge in [-0.05, 0) is 25.7 Å². The quantitative estimate of drug-likeness (QED) is 0.0730. The molecule has 0 radical (unpaired) electrons. The van der Waals surface area contributed by atoms with E-state index in [1.54, 1.807) is 0 Å². The molecule has 0 rings (SSSR count). The monoisotopic (exact) mass is 544 g/mol. The number of aliphatic carboxylic acids is 2. The highest BCUT2D eigenvalue weighted by Crippen LogP contribution is 2.14. The lowest BCUT2D eigenvalue weighted by Gasteiger charge is -2.09. The Morgan fingerprint density at radius 3 is 1.16 bits per heavy atom. The van der Waals surface area contributed by atoms with Gasteiger partial charge >= 0.3 is 11.9 Å². The molecule has 228 valence electrons. The zero-order valence-corrected chi connectivity index (χ0v) is 25.1. The van der Waals surface area contributed by atoms with Crippen molar-refractivity contribution in [2.24, 2.45) is 0 Å². The Bertz CT molecular complexity index is 496. The predicted molar refractivity (Wildman–Crippen MR) is 159 cm³/mol. The summed E-state index contributed by atoms with van der Waals surface area (Å²) in [5.74, 6) is -1.78. The van der Waals surface area contributed by atoms with Gasteiger partial charge in [0.2, 0.25) is 0 Å². The van der Waals surface area contributed by atoms with Crippen molar-refractivity contribution >= 4 is 11.9 Å². The largest absolute Gasteiger partial charge is 0.481 e. The second kappa shape index (κ2) is 32.1. The van der Waals surface area contributed by atoms with Crippen LogP contribution in [0.15, 0.2) is 0 Å². The maximum Gasteiger partial charge on any atom is 0.332 e. The van der Waals surface area contributed by atoms with Gasteiger partial charge in [0.05, 0.1) is 6.10 Å². The van der Waals surface area contributed by atoms with Crippen LogP contribution in [0.5, 0.6) is 0 Å². The first-order valence-corrected chi connectivity index (χ1v) is 16.2. The first-order chi connectivity index (χ1) is 18.3. The number of hydrogen-bond acceptors (Lipinski definition) is 4. The predicted octanol–water partition coefficient (Wildman–Crippen LogP) is 9.05. The number of aliphatic hydroxyl groups is 2. The molecule has 0 heterocycles. The number of carbonyl (C=O) groups is 2. The molecule has 2 unspecified atom stereocenters. The van der Waals surface area contributed by atoms with Crippen LogP contribution in [0.4, 0.5) is 0 Å². The van der Waals surface area contributed by atoms with Crippen molar-refractivity contribution in [3.8, 4) is 0 Å². The summed E-state index contributed by atoms with van der Waals surface area (Å²) < 4.78 is 0. The third-order valence-corrected chi connectivity index (χ3v) is 7.19. The highest BCUT2D eigenvalue weighted by atomic mass is 16.4. The lowest BCUT2D eigenvalue weighted by Crippen LogP contribution is -2.18. The summed E-state index contributed by atoms with van der Waals surface area (Å²) in [7, 11) is 0. The van der Waals surface area contributed by atoms with E-state index in [4.69, 9.17) is 15.3 Å². The van der Waals surface area contributed by atoms with Gasteiger partial charge in [-0.2, -0.15) is 0 Å². The van der Waals surface area contributed by atoms with Crippen LogP contribution in [-0.2, 0) is 9.59 Å². The molecule has 0 aromatic heterocycles. The molecule has 6 nitrogen and oxygen atoms in total. The van der Waals surface area contributed by atoms with Crippen molar-refractivity contribution in [3.05, 3.63) is 0 Å². The van der Waals surface area contributed by atoms with Crippen LogP contribution >= 0.6 is 0 Å². The molecule has 0 saturated heterocycles. The summed E-state index contributed by atoms with van der Waals surface area (Å²) >= 11 is 0. The lowest BCUT2D eigenvalue weighted by atomic mass is 10.0. The van der Waals surface area contributed by atoms with Crippen LogP contribution in [0.1, 0.15) is 181 Å². The molecule has 0 bridgehead atoms. The Labute approximate surface area is 235 Å². The molecule has 0 aromatic carbocycles. The standard InChI is InChI=1S/2C16H32O3/c1-2-3-4-9-12-15(17)13-10-7-5-6-8-11-14-16(18)19;1-2-3-4-5-6-7-8-9-10-11-12-13-14-15(17)16(18)19/h2*15,17H,2-14H2,1H3,(H,18,19). The van der Waals surface area contributed by atoms with Gasteiger partial charge in [0.15, 0.2) is 6.10 Å². The lowest BCUT2D eigenvalue weighted by molar-refractivity contribution is -0.147. The van der Waals surface area contributed by atoms with E-state index in [9.17, 15) is 14.7 Å². The molecule has 0 saturated carbocycles. The van der Waals surface area contributed by atoms with E-state index in [1.165, 1.54) is 96.3 Å². The Balaban J connectivity index is 0. The molecule has 38 heavy (non-hydrogen) atoms. The van der Waals surface area contributed by atoms with Crippen molar-refractivity contribution in [2.75, 3.05) is 0 Å². The number of aliphatic hydroxyl groups excluding tert-OH is 2. The van der Waals surface area contributed by atoms with Crippen LogP contribution in [0.3, 0.4) is 0 Å². The average Bonchev–Trinajstić information content (AvgIpc) is 2.88. The second-order valence-corrected chi connectivity index (χ2v) is 11.1. The number of unbranched alkanes of at least 4 members (excludes halogenated alkanes) is 19. The average molecular weight is 545 g/mol. The molecule has 0 aliphatic carbocycles. The molecule has 0 aliphatic rings. The Morgan fingerprint density at radius 1 is 0.474 bits per heavy atom. The summed E-state index contributed by atoms with van der Waals surface area (Å²) in [6.07, 6.45) is 27.8. The topological polar surface area (TPSA) is 115 Å². The van der Waals surface area contributed by atoms with Crippen LogP contribution < -0.4 is 0 Å². The van der Waals surface area contributed by atoms with Gasteiger partial charge in [0, 0.05) is 6.42 Å². The number of rotatable bonds is 28. The highest BCUT2D eigenvalue weighted by molar-refractivity contribution is 5.71. The van der Waals surface area contributed by atoms with E-state index < -0.39 is 18.0 Å². The minimum absolute atomic E-state index is 0.108. The SMILES string of the molecule is CCCCCCC(O)CCCCCCCCC(=O)O.CCCCCCCCCCCCCCC(O)C(=O)O. The van der Waals surface area contributed by atoms with Crippen LogP contribution in [-0.4, -0.2) is 44.6 Å². The first-order valence-electron chi connectivity index (χ1n) is 16.2. The zero-order chi connectivity index (χ0) is 28.7. The van der Waals surface area contributed by atoms with Gasteiger partial charge < -0.3 is 20.4 Å². The molecule has 0 amide bonds. The van der Waals surface area contributed by atoms with E-state index in [2.05, 4.69) is 13.8 Å². The number of carboxylic acid groups (broad SMARTS) is 2. The van der Waals surface area contributed by atoms with E-state index in [-0.39, 0.29) is 6.10 Å². The maximum absolute atomic E-state index is 10.4.